The van der Waals surface area contributed by atoms with Crippen LogP contribution in [0, 0.1) is 23.0 Å². The number of hydrogen-bond donors (Lipinski definition) is 0. The molecule has 27 heavy (non-hydrogen) atoms. The van der Waals surface area contributed by atoms with Gasteiger partial charge in [0.2, 0.25) is 0 Å². The van der Waals surface area contributed by atoms with Crippen molar-refractivity contribution in [3.63, 3.8) is 0 Å². The van der Waals surface area contributed by atoms with Crippen molar-refractivity contribution in [1.29, 1.82) is 5.26 Å². The smallest absolute Gasteiger partial charge is 0.182 e. The van der Waals surface area contributed by atoms with Gasteiger partial charge in [-0.25, -0.2) is 17.2 Å². The van der Waals surface area contributed by atoms with Gasteiger partial charge in [0.25, 0.3) is 0 Å². The Bertz CT molecular complexity index is 1160. The van der Waals surface area contributed by atoms with Crippen LogP contribution in [-0.4, -0.2) is 8.42 Å². The van der Waals surface area contributed by atoms with Crippen molar-refractivity contribution in [2.75, 3.05) is 0 Å². The summed E-state index contributed by atoms with van der Waals surface area (Å²) < 4.78 is 53.7. The van der Waals surface area contributed by atoms with Crippen LogP contribution in [0.2, 0.25) is 5.02 Å². The second kappa shape index (κ2) is 7.47. The molecule has 0 aliphatic rings. The molecule has 3 aromatic carbocycles. The van der Waals surface area contributed by atoms with Crippen molar-refractivity contribution in [2.45, 2.75) is 10.6 Å². The van der Waals surface area contributed by atoms with Crippen LogP contribution in [0.3, 0.4) is 0 Å². The van der Waals surface area contributed by atoms with E-state index >= 15 is 0 Å². The van der Waals surface area contributed by atoms with E-state index in [0.717, 1.165) is 6.07 Å². The zero-order chi connectivity index (χ0) is 19.6. The minimum atomic E-state index is -3.97. The van der Waals surface area contributed by atoms with Crippen LogP contribution in [0.15, 0.2) is 65.6 Å². The van der Waals surface area contributed by atoms with E-state index in [-0.39, 0.29) is 26.6 Å². The van der Waals surface area contributed by atoms with Gasteiger partial charge in [0.1, 0.15) is 17.7 Å². The molecule has 3 nitrogen and oxygen atoms in total. The maximum absolute atomic E-state index is 14.2. The Kier molecular flexibility index (Phi) is 5.26. The molecule has 136 valence electrons. The zero-order valence-corrected chi connectivity index (χ0v) is 15.4. The van der Waals surface area contributed by atoms with E-state index in [0.29, 0.717) is 11.6 Å². The number of halogens is 3. The standard InChI is InChI=1S/C20H12ClF2NO2S/c21-18-7-6-16(8-14(18)11-24)27(25,26)12-15-9-17(20(23)10-19(15)22)13-4-2-1-3-5-13/h1-10H,12H2. The van der Waals surface area contributed by atoms with Crippen molar-refractivity contribution in [3.8, 4) is 17.2 Å². The van der Waals surface area contributed by atoms with E-state index in [1.165, 1.54) is 18.2 Å². The predicted octanol–water partition coefficient (Wildman–Crippen LogP) is 5.13. The van der Waals surface area contributed by atoms with E-state index in [1.807, 2.05) is 0 Å². The van der Waals surface area contributed by atoms with Crippen molar-refractivity contribution in [1.82, 2.24) is 0 Å². The van der Waals surface area contributed by atoms with Gasteiger partial charge in [0.15, 0.2) is 9.84 Å². The summed E-state index contributed by atoms with van der Waals surface area (Å²) in [4.78, 5) is -0.159. The highest BCUT2D eigenvalue weighted by atomic mass is 35.5. The molecule has 0 heterocycles. The summed E-state index contributed by atoms with van der Waals surface area (Å²) in [5.41, 5.74) is 0.453. The highest BCUT2D eigenvalue weighted by Crippen LogP contribution is 2.28. The number of nitrogens with zero attached hydrogens (tertiary/aromatic N) is 1. The Morgan fingerprint density at radius 1 is 0.963 bits per heavy atom. The van der Waals surface area contributed by atoms with E-state index in [1.54, 1.807) is 36.4 Å². The quantitative estimate of drug-likeness (QED) is 0.606. The van der Waals surface area contributed by atoms with Crippen LogP contribution >= 0.6 is 11.6 Å². The first-order valence-corrected chi connectivity index (χ1v) is 9.80. The second-order valence-electron chi connectivity index (χ2n) is 5.80. The van der Waals surface area contributed by atoms with Gasteiger partial charge < -0.3 is 0 Å². The predicted molar refractivity (Wildman–Crippen MR) is 98.9 cm³/mol. The van der Waals surface area contributed by atoms with Gasteiger partial charge in [-0.05, 0) is 29.8 Å². The van der Waals surface area contributed by atoms with Crippen molar-refractivity contribution >= 4 is 21.4 Å². The van der Waals surface area contributed by atoms with Gasteiger partial charge in [-0.15, -0.1) is 0 Å². The summed E-state index contributed by atoms with van der Waals surface area (Å²) >= 11 is 5.82. The molecule has 0 N–H and O–H groups in total. The van der Waals surface area contributed by atoms with Crippen molar-refractivity contribution in [2.24, 2.45) is 0 Å². The van der Waals surface area contributed by atoms with Crippen molar-refractivity contribution < 1.29 is 17.2 Å². The lowest BCUT2D eigenvalue weighted by molar-refractivity contribution is 0.571. The third kappa shape index (κ3) is 4.00. The first-order chi connectivity index (χ1) is 12.8. The van der Waals surface area contributed by atoms with Gasteiger partial charge in [0, 0.05) is 17.2 Å². The molecule has 7 heteroatoms. The van der Waals surface area contributed by atoms with Crippen LogP contribution in [0.1, 0.15) is 11.1 Å². The molecule has 0 aliphatic carbocycles. The van der Waals surface area contributed by atoms with Crippen LogP contribution in [-0.2, 0) is 15.6 Å². The van der Waals surface area contributed by atoms with Crippen LogP contribution in [0.5, 0.6) is 0 Å². The average molecular weight is 404 g/mol. The first kappa shape index (κ1) is 19.0. The fraction of sp³-hybridized carbons (Fsp3) is 0.0500. The highest BCUT2D eigenvalue weighted by Gasteiger charge is 2.21. The lowest BCUT2D eigenvalue weighted by atomic mass is 10.0. The van der Waals surface area contributed by atoms with E-state index < -0.39 is 27.2 Å². The number of sulfone groups is 1. The SMILES string of the molecule is N#Cc1cc(S(=O)(=O)Cc2cc(-c3ccccc3)c(F)cc2F)ccc1Cl. The first-order valence-electron chi connectivity index (χ1n) is 7.77. The third-order valence-corrected chi connectivity index (χ3v) is 5.98. The van der Waals surface area contributed by atoms with Gasteiger partial charge in [-0.3, -0.25) is 0 Å². The summed E-state index contributed by atoms with van der Waals surface area (Å²) in [5.74, 6) is -2.41. The monoisotopic (exact) mass is 403 g/mol. The molecule has 0 atom stereocenters. The van der Waals surface area contributed by atoms with Gasteiger partial charge >= 0.3 is 0 Å². The highest BCUT2D eigenvalue weighted by molar-refractivity contribution is 7.90. The maximum atomic E-state index is 14.2. The minimum absolute atomic E-state index is 0.00212. The molecule has 0 saturated carbocycles. The number of hydrogen-bond acceptors (Lipinski definition) is 3. The maximum Gasteiger partial charge on any atom is 0.182 e. The molecule has 0 aliphatic heterocycles. The number of nitriles is 1. The van der Waals surface area contributed by atoms with Gasteiger partial charge in [0.05, 0.1) is 21.2 Å². The van der Waals surface area contributed by atoms with E-state index in [2.05, 4.69) is 0 Å². The Hall–Kier alpha value is -2.75. The fourth-order valence-electron chi connectivity index (χ4n) is 2.61. The minimum Gasteiger partial charge on any atom is -0.223 e. The van der Waals surface area contributed by atoms with Gasteiger partial charge in [-0.2, -0.15) is 5.26 Å². The second-order valence-corrected chi connectivity index (χ2v) is 8.20. The van der Waals surface area contributed by atoms with Crippen molar-refractivity contribution in [3.05, 3.63) is 88.4 Å². The van der Waals surface area contributed by atoms with Crippen LogP contribution in [0.4, 0.5) is 8.78 Å². The molecule has 0 radical (unpaired) electrons. The summed E-state index contributed by atoms with van der Waals surface area (Å²) in [5, 5.41) is 9.13. The Morgan fingerprint density at radius 3 is 2.33 bits per heavy atom. The molecule has 0 spiro atoms. The molecular formula is C20H12ClF2NO2S. The van der Waals surface area contributed by atoms with Crippen LogP contribution < -0.4 is 0 Å². The molecule has 0 amide bonds. The molecular weight excluding hydrogens is 392 g/mol. The summed E-state index contributed by atoms with van der Waals surface area (Å²) in [6.07, 6.45) is 0. The average Bonchev–Trinajstić information content (AvgIpc) is 2.64. The normalized spacial score (nSPS) is 11.2. The summed E-state index contributed by atoms with van der Waals surface area (Å²) in [6, 6.07) is 15.8. The lowest BCUT2D eigenvalue weighted by Crippen LogP contribution is -2.08. The van der Waals surface area contributed by atoms with Gasteiger partial charge in [-0.1, -0.05) is 41.9 Å². The van der Waals surface area contributed by atoms with E-state index in [9.17, 15) is 17.2 Å². The lowest BCUT2D eigenvalue weighted by Gasteiger charge is -2.10. The van der Waals surface area contributed by atoms with Crippen LogP contribution in [0.25, 0.3) is 11.1 Å². The fourth-order valence-corrected chi connectivity index (χ4v) is 4.14. The molecule has 0 saturated heterocycles. The molecule has 0 bridgehead atoms. The molecule has 3 aromatic rings. The Labute approximate surface area is 160 Å². The Balaban J connectivity index is 2.04. The molecule has 0 fully saturated rings. The number of rotatable bonds is 4. The largest absolute Gasteiger partial charge is 0.223 e. The summed E-state index contributed by atoms with van der Waals surface area (Å²) in [6.45, 7) is 0. The molecule has 3 rings (SSSR count). The third-order valence-electron chi connectivity index (χ3n) is 3.98. The Morgan fingerprint density at radius 2 is 1.67 bits per heavy atom. The molecule has 0 aromatic heterocycles. The summed E-state index contributed by atoms with van der Waals surface area (Å²) in [7, 11) is -3.97. The molecule has 0 unspecified atom stereocenters. The van der Waals surface area contributed by atoms with E-state index in [4.69, 9.17) is 16.9 Å². The topological polar surface area (TPSA) is 57.9 Å². The number of benzene rings is 3. The zero-order valence-electron chi connectivity index (χ0n) is 13.8.